The predicted octanol–water partition coefficient (Wildman–Crippen LogP) is 2.18. The highest BCUT2D eigenvalue weighted by molar-refractivity contribution is 5.93. The van der Waals surface area contributed by atoms with Crippen LogP contribution in [0.2, 0.25) is 0 Å². The van der Waals surface area contributed by atoms with Gasteiger partial charge in [0.2, 0.25) is 5.91 Å². The molecule has 0 saturated heterocycles. The van der Waals surface area contributed by atoms with Crippen molar-refractivity contribution in [3.63, 3.8) is 0 Å². The summed E-state index contributed by atoms with van der Waals surface area (Å²) in [6.07, 6.45) is 7.20. The molecule has 0 aromatic rings. The largest absolute Gasteiger partial charge is 0.349 e. The van der Waals surface area contributed by atoms with Crippen molar-refractivity contribution in [3.8, 4) is 0 Å². The summed E-state index contributed by atoms with van der Waals surface area (Å²) in [5.41, 5.74) is 2.20. The highest BCUT2D eigenvalue weighted by atomic mass is 16.1. The summed E-state index contributed by atoms with van der Waals surface area (Å²) in [5, 5.41) is 2.87. The van der Waals surface area contributed by atoms with Gasteiger partial charge in [0, 0.05) is 12.1 Å². The molecule has 1 aliphatic carbocycles. The van der Waals surface area contributed by atoms with Crippen LogP contribution in [0.4, 0.5) is 0 Å². The molecule has 0 aliphatic heterocycles. The fourth-order valence-electron chi connectivity index (χ4n) is 1.34. The topological polar surface area (TPSA) is 29.1 Å². The summed E-state index contributed by atoms with van der Waals surface area (Å²) in [4.78, 5) is 11.4. The van der Waals surface area contributed by atoms with Crippen molar-refractivity contribution in [2.45, 2.75) is 33.1 Å². The third-order valence-electron chi connectivity index (χ3n) is 2.11. The molecule has 0 unspecified atom stereocenters. The highest BCUT2D eigenvalue weighted by Gasteiger charge is 2.11. The Hall–Kier alpha value is -1.05. The summed E-state index contributed by atoms with van der Waals surface area (Å²) in [7, 11) is 0. The van der Waals surface area contributed by atoms with Crippen molar-refractivity contribution in [1.29, 1.82) is 0 Å². The first-order chi connectivity index (χ1) is 6.20. The molecule has 1 amide bonds. The van der Waals surface area contributed by atoms with E-state index in [0.29, 0.717) is 6.54 Å². The number of nitrogens with one attached hydrogen (secondary N) is 1. The lowest BCUT2D eigenvalue weighted by atomic mass is 10.2. The molecule has 72 valence electrons. The third-order valence-corrected chi connectivity index (χ3v) is 2.11. The summed E-state index contributed by atoms with van der Waals surface area (Å²) in [6.45, 7) is 4.71. The molecule has 1 N–H and O–H groups in total. The number of carbonyl (C=O) groups is 1. The number of allylic oxidation sites excluding steroid dienone is 2. The van der Waals surface area contributed by atoms with Crippen LogP contribution in [0, 0.1) is 0 Å². The van der Waals surface area contributed by atoms with Crippen LogP contribution in [0.5, 0.6) is 0 Å². The minimum absolute atomic E-state index is 0.106. The smallest absolute Gasteiger partial charge is 0.247 e. The molecule has 0 saturated carbocycles. The number of amides is 1. The second kappa shape index (κ2) is 4.85. The van der Waals surface area contributed by atoms with Crippen LogP contribution in [0.15, 0.2) is 23.3 Å². The Bertz CT molecular complexity index is 247. The number of hydrogen-bond donors (Lipinski definition) is 1. The normalized spacial score (nSPS) is 15.1. The molecule has 13 heavy (non-hydrogen) atoms. The maximum absolute atomic E-state index is 11.4. The summed E-state index contributed by atoms with van der Waals surface area (Å²) in [6, 6.07) is 0. The van der Waals surface area contributed by atoms with Crippen molar-refractivity contribution < 1.29 is 4.79 Å². The van der Waals surface area contributed by atoms with Crippen molar-refractivity contribution >= 4 is 5.91 Å². The lowest BCUT2D eigenvalue weighted by Crippen LogP contribution is -2.24. The third kappa shape index (κ3) is 3.45. The van der Waals surface area contributed by atoms with Gasteiger partial charge in [-0.1, -0.05) is 17.7 Å². The Morgan fingerprint density at radius 1 is 1.62 bits per heavy atom. The molecular weight excluding hydrogens is 162 g/mol. The van der Waals surface area contributed by atoms with E-state index < -0.39 is 0 Å². The molecule has 1 rings (SSSR count). The molecule has 2 heteroatoms. The van der Waals surface area contributed by atoms with Crippen LogP contribution >= 0.6 is 0 Å². The number of hydrogen-bond acceptors (Lipinski definition) is 1. The zero-order chi connectivity index (χ0) is 9.68. The van der Waals surface area contributed by atoms with E-state index in [9.17, 15) is 4.79 Å². The van der Waals surface area contributed by atoms with Crippen LogP contribution in [-0.4, -0.2) is 12.5 Å². The van der Waals surface area contributed by atoms with Crippen LogP contribution in [0.3, 0.4) is 0 Å². The van der Waals surface area contributed by atoms with Gasteiger partial charge in [0.1, 0.15) is 0 Å². The van der Waals surface area contributed by atoms with Gasteiger partial charge < -0.3 is 5.32 Å². The lowest BCUT2D eigenvalue weighted by molar-refractivity contribution is -0.117. The highest BCUT2D eigenvalue weighted by Crippen LogP contribution is 2.16. The molecule has 2 nitrogen and oxygen atoms in total. The summed E-state index contributed by atoms with van der Waals surface area (Å²) < 4.78 is 0. The predicted molar refractivity (Wildman–Crippen MR) is 54.4 cm³/mol. The van der Waals surface area contributed by atoms with Gasteiger partial charge in [-0.3, -0.25) is 4.79 Å². The fraction of sp³-hybridized carbons (Fsp3) is 0.545. The van der Waals surface area contributed by atoms with E-state index >= 15 is 0 Å². The van der Waals surface area contributed by atoms with Crippen molar-refractivity contribution in [2.75, 3.05) is 6.54 Å². The Morgan fingerprint density at radius 2 is 2.38 bits per heavy atom. The lowest BCUT2D eigenvalue weighted by Gasteiger charge is -2.02. The second-order valence-corrected chi connectivity index (χ2v) is 3.61. The minimum Gasteiger partial charge on any atom is -0.349 e. The van der Waals surface area contributed by atoms with Crippen molar-refractivity contribution in [1.82, 2.24) is 5.32 Å². The maximum atomic E-state index is 11.4. The SMILES string of the molecule is CC(C)=CCNC(=O)C1=CCCC1. The van der Waals surface area contributed by atoms with Gasteiger partial charge in [0.15, 0.2) is 0 Å². The molecule has 0 aromatic carbocycles. The Labute approximate surface area is 79.7 Å². The van der Waals surface area contributed by atoms with E-state index in [1.54, 1.807) is 0 Å². The molecule has 0 fully saturated rings. The van der Waals surface area contributed by atoms with Crippen molar-refractivity contribution in [2.24, 2.45) is 0 Å². The van der Waals surface area contributed by atoms with Gasteiger partial charge in [-0.15, -0.1) is 0 Å². The van der Waals surface area contributed by atoms with Gasteiger partial charge in [0.25, 0.3) is 0 Å². The molecule has 0 aromatic heterocycles. The average Bonchev–Trinajstić information content (AvgIpc) is 2.55. The Balaban J connectivity index is 2.29. The van der Waals surface area contributed by atoms with E-state index in [4.69, 9.17) is 0 Å². The molecule has 0 radical (unpaired) electrons. The molecule has 0 bridgehead atoms. The average molecular weight is 179 g/mol. The fourth-order valence-corrected chi connectivity index (χ4v) is 1.34. The van der Waals surface area contributed by atoms with E-state index in [1.807, 2.05) is 26.0 Å². The van der Waals surface area contributed by atoms with Gasteiger partial charge >= 0.3 is 0 Å². The van der Waals surface area contributed by atoms with Gasteiger partial charge in [0.05, 0.1) is 0 Å². The Morgan fingerprint density at radius 3 is 2.92 bits per heavy atom. The zero-order valence-corrected chi connectivity index (χ0v) is 8.39. The van der Waals surface area contributed by atoms with Crippen LogP contribution < -0.4 is 5.32 Å². The van der Waals surface area contributed by atoms with Gasteiger partial charge in [-0.25, -0.2) is 0 Å². The quantitative estimate of drug-likeness (QED) is 0.661. The van der Waals surface area contributed by atoms with Gasteiger partial charge in [-0.2, -0.15) is 0 Å². The first kappa shape index (κ1) is 10.0. The van der Waals surface area contributed by atoms with E-state index in [-0.39, 0.29) is 5.91 Å². The van der Waals surface area contributed by atoms with Crippen molar-refractivity contribution in [3.05, 3.63) is 23.3 Å². The standard InChI is InChI=1S/C11H17NO/c1-9(2)7-8-12-11(13)10-5-3-4-6-10/h5,7H,3-4,6,8H2,1-2H3,(H,12,13). The summed E-state index contributed by atoms with van der Waals surface area (Å²) >= 11 is 0. The molecule has 1 aliphatic rings. The molecule has 0 heterocycles. The second-order valence-electron chi connectivity index (χ2n) is 3.61. The molecular formula is C11H17NO. The van der Waals surface area contributed by atoms with Crippen LogP contribution in [0.25, 0.3) is 0 Å². The van der Waals surface area contributed by atoms with Crippen LogP contribution in [-0.2, 0) is 4.79 Å². The minimum atomic E-state index is 0.106. The van der Waals surface area contributed by atoms with Crippen LogP contribution in [0.1, 0.15) is 33.1 Å². The first-order valence-electron chi connectivity index (χ1n) is 4.81. The maximum Gasteiger partial charge on any atom is 0.247 e. The van der Waals surface area contributed by atoms with E-state index in [1.165, 1.54) is 5.57 Å². The van der Waals surface area contributed by atoms with Gasteiger partial charge in [-0.05, 0) is 33.1 Å². The summed E-state index contributed by atoms with van der Waals surface area (Å²) in [5.74, 6) is 0.106. The zero-order valence-electron chi connectivity index (χ0n) is 8.39. The van der Waals surface area contributed by atoms with E-state index in [2.05, 4.69) is 5.32 Å². The molecule has 0 spiro atoms. The first-order valence-corrected chi connectivity index (χ1v) is 4.81. The monoisotopic (exact) mass is 179 g/mol. The van der Waals surface area contributed by atoms with E-state index in [0.717, 1.165) is 24.8 Å². The molecule has 0 atom stereocenters. The number of rotatable bonds is 3. The number of carbonyl (C=O) groups excluding carboxylic acids is 1. The Kier molecular flexibility index (Phi) is 3.74.